The molecular formula is C26H29F3N4O2. The molecule has 9 heteroatoms. The fourth-order valence-electron chi connectivity index (χ4n) is 3.89. The molecule has 2 N–H and O–H groups in total. The lowest BCUT2D eigenvalue weighted by atomic mass is 9.98. The number of ether oxygens (including phenoxy) is 2. The van der Waals surface area contributed by atoms with Gasteiger partial charge in [0.25, 0.3) is 0 Å². The monoisotopic (exact) mass is 486 g/mol. The van der Waals surface area contributed by atoms with Gasteiger partial charge in [0.05, 0.1) is 12.7 Å². The molecule has 1 aliphatic carbocycles. The van der Waals surface area contributed by atoms with Crippen molar-refractivity contribution in [3.8, 4) is 11.5 Å². The van der Waals surface area contributed by atoms with E-state index in [1.807, 2.05) is 19.1 Å². The molecular weight excluding hydrogens is 457 g/mol. The number of benzene rings is 2. The maximum atomic E-state index is 13.6. The van der Waals surface area contributed by atoms with Crippen molar-refractivity contribution in [2.75, 3.05) is 17.2 Å². The second-order valence-corrected chi connectivity index (χ2v) is 8.48. The van der Waals surface area contributed by atoms with E-state index in [0.717, 1.165) is 31.2 Å². The fraction of sp³-hybridized carbons (Fsp3) is 0.385. The van der Waals surface area contributed by atoms with Gasteiger partial charge in [0, 0.05) is 23.6 Å². The molecule has 1 fully saturated rings. The number of nitrogens with zero attached hydrogens (tertiary/aromatic N) is 2. The van der Waals surface area contributed by atoms with Crippen LogP contribution in [0, 0.1) is 0 Å². The number of halogens is 3. The van der Waals surface area contributed by atoms with Gasteiger partial charge in [-0.1, -0.05) is 19.4 Å². The number of hydrogen-bond acceptors (Lipinski definition) is 6. The number of alkyl halides is 3. The summed E-state index contributed by atoms with van der Waals surface area (Å²) < 4.78 is 52.4. The fourth-order valence-corrected chi connectivity index (χ4v) is 3.89. The van der Waals surface area contributed by atoms with E-state index < -0.39 is 11.7 Å². The van der Waals surface area contributed by atoms with Crippen LogP contribution in [0.5, 0.6) is 11.5 Å². The molecule has 0 atom stereocenters. The first kappa shape index (κ1) is 24.6. The van der Waals surface area contributed by atoms with Crippen molar-refractivity contribution in [2.45, 2.75) is 57.7 Å². The Balaban J connectivity index is 1.49. The van der Waals surface area contributed by atoms with E-state index in [9.17, 15) is 13.2 Å². The topological polar surface area (TPSA) is 68.3 Å². The van der Waals surface area contributed by atoms with Crippen LogP contribution < -0.4 is 20.1 Å². The van der Waals surface area contributed by atoms with Crippen molar-refractivity contribution >= 4 is 23.1 Å². The standard InChI is InChI=1S/C26H29F3N4O2/c1-2-15-34-22-10-6-7-19(16-22)31-24-23(26(27,28)29)17-30-25(33-24)32-18-11-13-21(14-12-18)35-20-8-4-3-5-9-20/h6-7,10-14,16-17,20H,2-5,8-9,15H2,1H3,(H2,30,31,32,33). The minimum Gasteiger partial charge on any atom is -0.494 e. The number of nitrogens with one attached hydrogen (secondary N) is 2. The summed E-state index contributed by atoms with van der Waals surface area (Å²) >= 11 is 0. The van der Waals surface area contributed by atoms with Crippen LogP contribution in [0.1, 0.15) is 51.0 Å². The van der Waals surface area contributed by atoms with Gasteiger partial charge in [-0.3, -0.25) is 0 Å². The zero-order valence-electron chi connectivity index (χ0n) is 19.6. The summed E-state index contributed by atoms with van der Waals surface area (Å²) in [5.74, 6) is 1.02. The minimum atomic E-state index is -4.62. The summed E-state index contributed by atoms with van der Waals surface area (Å²) in [6.45, 7) is 2.49. The Kier molecular flexibility index (Phi) is 7.94. The quantitative estimate of drug-likeness (QED) is 0.327. The average Bonchev–Trinajstić information content (AvgIpc) is 2.84. The lowest BCUT2D eigenvalue weighted by Gasteiger charge is -2.23. The third-order valence-corrected chi connectivity index (χ3v) is 5.63. The van der Waals surface area contributed by atoms with Gasteiger partial charge in [-0.05, 0) is 68.5 Å². The molecule has 35 heavy (non-hydrogen) atoms. The molecule has 0 saturated heterocycles. The van der Waals surface area contributed by atoms with Crippen LogP contribution in [0.3, 0.4) is 0 Å². The minimum absolute atomic E-state index is 0.0415. The van der Waals surface area contributed by atoms with Crippen LogP contribution in [0.15, 0.2) is 54.7 Å². The Bertz CT molecular complexity index is 1100. The highest BCUT2D eigenvalue weighted by Crippen LogP contribution is 2.36. The zero-order chi connectivity index (χ0) is 24.7. The molecule has 0 spiro atoms. The molecule has 0 unspecified atom stereocenters. The number of hydrogen-bond donors (Lipinski definition) is 2. The average molecular weight is 487 g/mol. The highest BCUT2D eigenvalue weighted by atomic mass is 19.4. The first-order valence-corrected chi connectivity index (χ1v) is 11.9. The van der Waals surface area contributed by atoms with Crippen LogP contribution in [0.25, 0.3) is 0 Å². The Hall–Kier alpha value is -3.49. The van der Waals surface area contributed by atoms with Gasteiger partial charge >= 0.3 is 6.18 Å². The maximum absolute atomic E-state index is 13.6. The van der Waals surface area contributed by atoms with E-state index in [1.165, 1.54) is 19.3 Å². The highest BCUT2D eigenvalue weighted by molar-refractivity contribution is 5.64. The van der Waals surface area contributed by atoms with Crippen molar-refractivity contribution < 1.29 is 22.6 Å². The van der Waals surface area contributed by atoms with Crippen LogP contribution in [0.4, 0.5) is 36.3 Å². The maximum Gasteiger partial charge on any atom is 0.421 e. The van der Waals surface area contributed by atoms with Gasteiger partial charge in [0.1, 0.15) is 22.9 Å². The molecule has 6 nitrogen and oxygen atoms in total. The van der Waals surface area contributed by atoms with Gasteiger partial charge in [-0.25, -0.2) is 4.98 Å². The molecule has 1 saturated carbocycles. The molecule has 4 rings (SSSR count). The summed E-state index contributed by atoms with van der Waals surface area (Å²) in [7, 11) is 0. The summed E-state index contributed by atoms with van der Waals surface area (Å²) in [6, 6.07) is 14.0. The largest absolute Gasteiger partial charge is 0.494 e. The lowest BCUT2D eigenvalue weighted by Crippen LogP contribution is -2.19. The van der Waals surface area contributed by atoms with Crippen LogP contribution in [-0.4, -0.2) is 22.7 Å². The third kappa shape index (κ3) is 7.00. The van der Waals surface area contributed by atoms with Gasteiger partial charge in [-0.2, -0.15) is 18.2 Å². The van der Waals surface area contributed by atoms with E-state index in [-0.39, 0.29) is 17.9 Å². The molecule has 2 aromatic carbocycles. The third-order valence-electron chi connectivity index (χ3n) is 5.63. The summed E-state index contributed by atoms with van der Waals surface area (Å²) in [5, 5.41) is 5.73. The van der Waals surface area contributed by atoms with Crippen molar-refractivity contribution in [3.63, 3.8) is 0 Å². The number of rotatable bonds is 9. The van der Waals surface area contributed by atoms with Crippen LogP contribution in [-0.2, 0) is 6.18 Å². The van der Waals surface area contributed by atoms with E-state index in [2.05, 4.69) is 20.6 Å². The lowest BCUT2D eigenvalue weighted by molar-refractivity contribution is -0.137. The van der Waals surface area contributed by atoms with Crippen molar-refractivity contribution in [3.05, 3.63) is 60.3 Å². The SMILES string of the molecule is CCCOc1cccc(Nc2nc(Nc3ccc(OC4CCCCC4)cc3)ncc2C(F)(F)F)c1. The van der Waals surface area contributed by atoms with Crippen molar-refractivity contribution in [1.82, 2.24) is 9.97 Å². The first-order chi connectivity index (χ1) is 16.9. The van der Waals surface area contributed by atoms with Crippen LogP contribution >= 0.6 is 0 Å². The molecule has 1 heterocycles. The van der Waals surface area contributed by atoms with E-state index in [0.29, 0.717) is 23.7 Å². The second kappa shape index (κ2) is 11.3. The van der Waals surface area contributed by atoms with Gasteiger partial charge in [0.15, 0.2) is 0 Å². The normalized spacial score (nSPS) is 14.4. The van der Waals surface area contributed by atoms with E-state index >= 15 is 0 Å². The van der Waals surface area contributed by atoms with Gasteiger partial charge in [0.2, 0.25) is 5.95 Å². The van der Waals surface area contributed by atoms with Crippen molar-refractivity contribution in [2.24, 2.45) is 0 Å². The highest BCUT2D eigenvalue weighted by Gasteiger charge is 2.35. The molecule has 1 aromatic heterocycles. The van der Waals surface area contributed by atoms with Gasteiger partial charge in [-0.15, -0.1) is 0 Å². The van der Waals surface area contributed by atoms with Crippen LogP contribution in [0.2, 0.25) is 0 Å². The zero-order valence-corrected chi connectivity index (χ0v) is 19.6. The molecule has 186 valence electrons. The Morgan fingerprint density at radius 2 is 1.71 bits per heavy atom. The molecule has 0 bridgehead atoms. The Labute approximate surface area is 202 Å². The van der Waals surface area contributed by atoms with Gasteiger partial charge < -0.3 is 20.1 Å². The molecule has 0 amide bonds. The Morgan fingerprint density at radius 3 is 2.43 bits per heavy atom. The second-order valence-electron chi connectivity index (χ2n) is 8.48. The van der Waals surface area contributed by atoms with E-state index in [1.54, 1.807) is 36.4 Å². The summed E-state index contributed by atoms with van der Waals surface area (Å²) in [4.78, 5) is 7.99. The number of aromatic nitrogens is 2. The first-order valence-electron chi connectivity index (χ1n) is 11.9. The van der Waals surface area contributed by atoms with E-state index in [4.69, 9.17) is 9.47 Å². The predicted molar refractivity (Wildman–Crippen MR) is 130 cm³/mol. The number of anilines is 4. The molecule has 1 aliphatic rings. The van der Waals surface area contributed by atoms with Crippen molar-refractivity contribution in [1.29, 1.82) is 0 Å². The molecule has 3 aromatic rings. The molecule has 0 radical (unpaired) electrons. The molecule has 0 aliphatic heterocycles. The Morgan fingerprint density at radius 1 is 0.943 bits per heavy atom. The predicted octanol–water partition coefficient (Wildman–Crippen LogP) is 7.48. The smallest absolute Gasteiger partial charge is 0.421 e. The summed E-state index contributed by atoms with van der Waals surface area (Å²) in [5.41, 5.74) is 0.110. The summed E-state index contributed by atoms with van der Waals surface area (Å²) in [6.07, 6.45) is 2.95.